The van der Waals surface area contributed by atoms with E-state index in [2.05, 4.69) is 4.98 Å². The Labute approximate surface area is 157 Å². The first-order valence-electron chi connectivity index (χ1n) is 8.64. The summed E-state index contributed by atoms with van der Waals surface area (Å²) in [5, 5.41) is 0.796. The van der Waals surface area contributed by atoms with E-state index >= 15 is 0 Å². The second-order valence-electron chi connectivity index (χ2n) is 6.55. The van der Waals surface area contributed by atoms with Crippen LogP contribution in [0, 0.1) is 6.92 Å². The summed E-state index contributed by atoms with van der Waals surface area (Å²) in [5.74, 6) is -0.150. The lowest BCUT2D eigenvalue weighted by molar-refractivity contribution is 0.0697. The SMILES string of the molecule is Cc1cnc2c(S(=O)(=O)N3CCN(C(=O)c4ccoc4)CC3)cccc2c1. The monoisotopic (exact) mass is 385 g/mol. The van der Waals surface area contributed by atoms with Crippen molar-refractivity contribution in [2.45, 2.75) is 11.8 Å². The number of amides is 1. The van der Waals surface area contributed by atoms with Crippen molar-refractivity contribution in [1.29, 1.82) is 0 Å². The molecule has 0 N–H and O–H groups in total. The highest BCUT2D eigenvalue weighted by molar-refractivity contribution is 7.89. The molecular weight excluding hydrogens is 366 g/mol. The molecule has 0 saturated carbocycles. The number of para-hydroxylation sites is 1. The second-order valence-corrected chi connectivity index (χ2v) is 8.46. The van der Waals surface area contributed by atoms with Gasteiger partial charge in [-0.25, -0.2) is 8.42 Å². The van der Waals surface area contributed by atoms with E-state index in [4.69, 9.17) is 4.42 Å². The van der Waals surface area contributed by atoms with Crippen LogP contribution < -0.4 is 0 Å². The minimum absolute atomic E-state index is 0.150. The maximum absolute atomic E-state index is 13.2. The van der Waals surface area contributed by atoms with Crippen molar-refractivity contribution in [3.05, 3.63) is 60.2 Å². The number of fused-ring (bicyclic) bond motifs is 1. The van der Waals surface area contributed by atoms with Gasteiger partial charge in [0, 0.05) is 37.8 Å². The highest BCUT2D eigenvalue weighted by Crippen LogP contribution is 2.25. The predicted molar refractivity (Wildman–Crippen MR) is 99.9 cm³/mol. The van der Waals surface area contributed by atoms with Crippen LogP contribution in [0.15, 0.2) is 58.4 Å². The van der Waals surface area contributed by atoms with Crippen LogP contribution in [0.25, 0.3) is 10.9 Å². The molecule has 0 unspecified atom stereocenters. The molecule has 1 aliphatic heterocycles. The van der Waals surface area contributed by atoms with Crippen molar-refractivity contribution >= 4 is 26.8 Å². The first-order chi connectivity index (χ1) is 13.0. The Morgan fingerprint density at radius 1 is 1.15 bits per heavy atom. The van der Waals surface area contributed by atoms with Gasteiger partial charge in [-0.15, -0.1) is 0 Å². The Morgan fingerprint density at radius 2 is 1.93 bits per heavy atom. The van der Waals surface area contributed by atoms with E-state index in [1.54, 1.807) is 29.3 Å². The normalized spacial score (nSPS) is 16.0. The third kappa shape index (κ3) is 3.22. The fraction of sp³-hybridized carbons (Fsp3) is 0.263. The van der Waals surface area contributed by atoms with Crippen LogP contribution in [0.3, 0.4) is 0 Å². The topological polar surface area (TPSA) is 83.7 Å². The van der Waals surface area contributed by atoms with Gasteiger partial charge in [0.2, 0.25) is 10.0 Å². The van der Waals surface area contributed by atoms with Crippen LogP contribution in [-0.4, -0.2) is 54.7 Å². The van der Waals surface area contributed by atoms with Gasteiger partial charge in [0.25, 0.3) is 5.91 Å². The summed E-state index contributed by atoms with van der Waals surface area (Å²) < 4.78 is 32.7. The largest absolute Gasteiger partial charge is 0.472 e. The highest BCUT2D eigenvalue weighted by atomic mass is 32.2. The first-order valence-corrected chi connectivity index (χ1v) is 10.1. The average Bonchev–Trinajstić information content (AvgIpc) is 3.21. The van der Waals surface area contributed by atoms with Gasteiger partial charge in [0.15, 0.2) is 0 Å². The number of nitrogens with zero attached hydrogens (tertiary/aromatic N) is 3. The third-order valence-electron chi connectivity index (χ3n) is 4.72. The second kappa shape index (κ2) is 6.79. The van der Waals surface area contributed by atoms with E-state index in [0.29, 0.717) is 24.2 Å². The molecule has 0 bridgehead atoms. The molecule has 1 fully saturated rings. The Balaban J connectivity index is 1.57. The molecule has 1 amide bonds. The molecule has 8 heteroatoms. The minimum atomic E-state index is -3.69. The summed E-state index contributed by atoms with van der Waals surface area (Å²) in [6.45, 7) is 3.08. The summed E-state index contributed by atoms with van der Waals surface area (Å²) in [4.78, 5) is 18.6. The van der Waals surface area contributed by atoms with E-state index in [0.717, 1.165) is 10.9 Å². The minimum Gasteiger partial charge on any atom is -0.472 e. The van der Waals surface area contributed by atoms with Gasteiger partial charge in [0.1, 0.15) is 11.2 Å². The van der Waals surface area contributed by atoms with Gasteiger partial charge in [-0.3, -0.25) is 9.78 Å². The molecule has 0 radical (unpaired) electrons. The van der Waals surface area contributed by atoms with Crippen LogP contribution in [0.1, 0.15) is 15.9 Å². The van der Waals surface area contributed by atoms with Crippen LogP contribution in [0.5, 0.6) is 0 Å². The molecular formula is C19H19N3O4S. The zero-order valence-corrected chi connectivity index (χ0v) is 15.6. The van der Waals surface area contributed by atoms with E-state index < -0.39 is 10.0 Å². The van der Waals surface area contributed by atoms with Crippen molar-refractivity contribution in [1.82, 2.24) is 14.2 Å². The summed E-state index contributed by atoms with van der Waals surface area (Å²) in [6.07, 6.45) is 4.52. The molecule has 3 heterocycles. The molecule has 0 spiro atoms. The van der Waals surface area contributed by atoms with Gasteiger partial charge < -0.3 is 9.32 Å². The predicted octanol–water partition coefficient (Wildman–Crippen LogP) is 2.28. The Kier molecular flexibility index (Phi) is 4.45. The first kappa shape index (κ1) is 17.7. The molecule has 1 aromatic carbocycles. The van der Waals surface area contributed by atoms with Crippen LogP contribution >= 0.6 is 0 Å². The number of aromatic nitrogens is 1. The zero-order chi connectivity index (χ0) is 19.0. The fourth-order valence-electron chi connectivity index (χ4n) is 3.29. The number of rotatable bonds is 3. The Hall–Kier alpha value is -2.71. The molecule has 2 aromatic heterocycles. The summed E-state index contributed by atoms with van der Waals surface area (Å²) in [6, 6.07) is 8.70. The molecule has 0 atom stereocenters. The number of furan rings is 1. The number of hydrogen-bond acceptors (Lipinski definition) is 5. The maximum atomic E-state index is 13.2. The molecule has 1 aliphatic rings. The number of aryl methyl sites for hydroxylation is 1. The lowest BCUT2D eigenvalue weighted by Crippen LogP contribution is -2.50. The van der Waals surface area contributed by atoms with Crippen molar-refractivity contribution in [2.24, 2.45) is 0 Å². The summed E-state index contributed by atoms with van der Waals surface area (Å²) >= 11 is 0. The number of sulfonamides is 1. The molecule has 140 valence electrons. The van der Waals surface area contributed by atoms with Crippen molar-refractivity contribution < 1.29 is 17.6 Å². The van der Waals surface area contributed by atoms with E-state index in [9.17, 15) is 13.2 Å². The van der Waals surface area contributed by atoms with E-state index in [1.807, 2.05) is 19.1 Å². The number of carbonyl (C=O) groups excluding carboxylic acids is 1. The smallest absolute Gasteiger partial charge is 0.257 e. The average molecular weight is 385 g/mol. The molecule has 27 heavy (non-hydrogen) atoms. The molecule has 1 saturated heterocycles. The number of hydrogen-bond donors (Lipinski definition) is 0. The highest BCUT2D eigenvalue weighted by Gasteiger charge is 2.32. The molecule has 7 nitrogen and oxygen atoms in total. The lowest BCUT2D eigenvalue weighted by atomic mass is 10.2. The summed E-state index contributed by atoms with van der Waals surface area (Å²) in [7, 11) is -3.69. The van der Waals surface area contributed by atoms with E-state index in [1.165, 1.54) is 16.8 Å². The lowest BCUT2D eigenvalue weighted by Gasteiger charge is -2.33. The van der Waals surface area contributed by atoms with Crippen LogP contribution in [0.2, 0.25) is 0 Å². The summed E-state index contributed by atoms with van der Waals surface area (Å²) in [5.41, 5.74) is 1.92. The number of pyridine rings is 1. The number of piperazine rings is 1. The Bertz CT molecular complexity index is 1090. The van der Waals surface area contributed by atoms with Gasteiger partial charge in [-0.05, 0) is 30.7 Å². The van der Waals surface area contributed by atoms with Gasteiger partial charge in [-0.2, -0.15) is 4.31 Å². The molecule has 4 rings (SSSR count). The van der Waals surface area contributed by atoms with Gasteiger partial charge >= 0.3 is 0 Å². The van der Waals surface area contributed by atoms with Crippen LogP contribution in [0.4, 0.5) is 0 Å². The standard InChI is InChI=1S/C19H19N3O4S/c1-14-11-15-3-2-4-17(18(15)20-12-14)27(24,25)22-8-6-21(7-9-22)19(23)16-5-10-26-13-16/h2-5,10-13H,6-9H2,1H3. The maximum Gasteiger partial charge on any atom is 0.257 e. The van der Waals surface area contributed by atoms with E-state index in [-0.39, 0.29) is 23.9 Å². The number of carbonyl (C=O) groups is 1. The van der Waals surface area contributed by atoms with Gasteiger partial charge in [0.05, 0.1) is 17.3 Å². The van der Waals surface area contributed by atoms with Crippen molar-refractivity contribution in [3.8, 4) is 0 Å². The Morgan fingerprint density at radius 3 is 2.63 bits per heavy atom. The zero-order valence-electron chi connectivity index (χ0n) is 14.8. The fourth-order valence-corrected chi connectivity index (χ4v) is 4.88. The number of benzene rings is 1. The van der Waals surface area contributed by atoms with Crippen LogP contribution in [-0.2, 0) is 10.0 Å². The quantitative estimate of drug-likeness (QED) is 0.691. The van der Waals surface area contributed by atoms with Crippen molar-refractivity contribution in [3.63, 3.8) is 0 Å². The molecule has 0 aliphatic carbocycles. The molecule has 3 aromatic rings. The van der Waals surface area contributed by atoms with Gasteiger partial charge in [-0.1, -0.05) is 12.1 Å². The van der Waals surface area contributed by atoms with Crippen molar-refractivity contribution in [2.75, 3.05) is 26.2 Å². The third-order valence-corrected chi connectivity index (χ3v) is 6.65.